The van der Waals surface area contributed by atoms with E-state index in [0.717, 1.165) is 39.0 Å². The molecule has 3 aromatic carbocycles. The first kappa shape index (κ1) is 17.3. The van der Waals surface area contributed by atoms with E-state index in [9.17, 15) is 0 Å². The topological polar surface area (TPSA) is 8.17 Å². The van der Waals surface area contributed by atoms with Crippen molar-refractivity contribution >= 4 is 10.9 Å². The number of hydrogen-bond acceptors (Lipinski definition) is 1. The fourth-order valence-corrected chi connectivity index (χ4v) is 4.58. The van der Waals surface area contributed by atoms with Crippen molar-refractivity contribution in [2.45, 2.75) is 25.9 Å². The molecule has 0 amide bonds. The molecule has 1 aliphatic heterocycles. The largest absolute Gasteiger partial charge is 0.340 e. The molecule has 2 heteroatoms. The van der Waals surface area contributed by atoms with Crippen LogP contribution in [0.3, 0.4) is 0 Å². The van der Waals surface area contributed by atoms with Gasteiger partial charge < -0.3 is 4.57 Å². The van der Waals surface area contributed by atoms with Crippen molar-refractivity contribution in [2.75, 3.05) is 13.1 Å². The predicted octanol–water partition coefficient (Wildman–Crippen LogP) is 5.29. The van der Waals surface area contributed by atoms with Gasteiger partial charge in [0.2, 0.25) is 0 Å². The summed E-state index contributed by atoms with van der Waals surface area (Å²) in [6.07, 6.45) is 2.24. The second kappa shape index (κ2) is 7.65. The third-order valence-corrected chi connectivity index (χ3v) is 5.97. The van der Waals surface area contributed by atoms with Crippen LogP contribution in [0.25, 0.3) is 10.9 Å². The summed E-state index contributed by atoms with van der Waals surface area (Å²) in [7, 11) is 0. The summed E-state index contributed by atoms with van der Waals surface area (Å²) in [5.41, 5.74) is 7.25. The fraction of sp³-hybridized carbons (Fsp3) is 0.231. The Kier molecular flexibility index (Phi) is 4.72. The van der Waals surface area contributed by atoms with Crippen LogP contribution in [0.1, 0.15) is 22.4 Å². The van der Waals surface area contributed by atoms with Crippen LogP contribution in [0.15, 0.2) is 84.9 Å². The van der Waals surface area contributed by atoms with E-state index in [1.165, 1.54) is 27.7 Å². The molecule has 28 heavy (non-hydrogen) atoms. The molecular formula is C26H26N2. The zero-order valence-electron chi connectivity index (χ0n) is 16.2. The molecule has 5 rings (SSSR count). The van der Waals surface area contributed by atoms with Gasteiger partial charge >= 0.3 is 0 Å². The number of benzene rings is 3. The third-order valence-electron chi connectivity index (χ3n) is 5.97. The molecule has 0 aliphatic carbocycles. The summed E-state index contributed by atoms with van der Waals surface area (Å²) >= 11 is 0. The molecule has 0 bridgehead atoms. The quantitative estimate of drug-likeness (QED) is 0.476. The highest BCUT2D eigenvalue weighted by molar-refractivity contribution is 5.86. The van der Waals surface area contributed by atoms with Gasteiger partial charge in [-0.3, -0.25) is 4.90 Å². The van der Waals surface area contributed by atoms with Crippen molar-refractivity contribution in [3.05, 3.63) is 107 Å². The Morgan fingerprint density at radius 1 is 0.607 bits per heavy atom. The van der Waals surface area contributed by atoms with Crippen molar-refractivity contribution in [1.82, 2.24) is 9.47 Å². The van der Waals surface area contributed by atoms with Crippen LogP contribution in [0.4, 0.5) is 0 Å². The van der Waals surface area contributed by atoms with Gasteiger partial charge in [0.05, 0.1) is 0 Å². The van der Waals surface area contributed by atoms with Crippen LogP contribution < -0.4 is 0 Å². The number of hydrogen-bond donors (Lipinski definition) is 0. The van der Waals surface area contributed by atoms with Crippen molar-refractivity contribution in [3.63, 3.8) is 0 Å². The van der Waals surface area contributed by atoms with Crippen molar-refractivity contribution in [1.29, 1.82) is 0 Å². The van der Waals surface area contributed by atoms with Crippen molar-refractivity contribution in [3.8, 4) is 0 Å². The van der Waals surface area contributed by atoms with Crippen molar-refractivity contribution in [2.24, 2.45) is 0 Å². The standard InChI is InChI=1S/C26H26N2/c1-3-9-21(10-4-1)19-27-17-15-24-23-13-7-8-14-25(23)28(26(24)16-18-27)20-22-11-5-2-6-12-22/h1-14H,15-20H2. The lowest BCUT2D eigenvalue weighted by Gasteiger charge is -2.20. The Labute approximate surface area is 167 Å². The third kappa shape index (κ3) is 3.36. The second-order valence-electron chi connectivity index (χ2n) is 7.78. The first-order valence-corrected chi connectivity index (χ1v) is 10.3. The van der Waals surface area contributed by atoms with Gasteiger partial charge in [-0.15, -0.1) is 0 Å². The highest BCUT2D eigenvalue weighted by Gasteiger charge is 2.21. The minimum absolute atomic E-state index is 0.954. The molecule has 4 aromatic rings. The Bertz CT molecular complexity index is 1060. The van der Waals surface area contributed by atoms with Crippen LogP contribution in [0.2, 0.25) is 0 Å². The van der Waals surface area contributed by atoms with E-state index in [4.69, 9.17) is 0 Å². The number of fused-ring (bicyclic) bond motifs is 3. The molecule has 2 heterocycles. The van der Waals surface area contributed by atoms with Gasteiger partial charge in [-0.2, -0.15) is 0 Å². The zero-order valence-corrected chi connectivity index (χ0v) is 16.2. The summed E-state index contributed by atoms with van der Waals surface area (Å²) in [5, 5.41) is 1.44. The summed E-state index contributed by atoms with van der Waals surface area (Å²) in [6, 6.07) is 30.7. The molecule has 0 fully saturated rings. The Hall–Kier alpha value is -2.84. The summed E-state index contributed by atoms with van der Waals surface area (Å²) < 4.78 is 2.56. The Balaban J connectivity index is 1.47. The molecule has 0 N–H and O–H groups in total. The highest BCUT2D eigenvalue weighted by atomic mass is 15.1. The first-order chi connectivity index (χ1) is 13.9. The molecule has 0 saturated carbocycles. The zero-order chi connectivity index (χ0) is 18.8. The minimum atomic E-state index is 0.954. The van der Waals surface area contributed by atoms with Crippen LogP contribution in [-0.4, -0.2) is 22.6 Å². The predicted molar refractivity (Wildman–Crippen MR) is 117 cm³/mol. The molecule has 0 saturated heterocycles. The van der Waals surface area contributed by atoms with Crippen LogP contribution in [0.5, 0.6) is 0 Å². The van der Waals surface area contributed by atoms with E-state index < -0.39 is 0 Å². The lowest BCUT2D eigenvalue weighted by Crippen LogP contribution is -2.26. The smallest absolute Gasteiger partial charge is 0.0488 e. The van der Waals surface area contributed by atoms with Crippen molar-refractivity contribution < 1.29 is 0 Å². The molecule has 2 nitrogen and oxygen atoms in total. The monoisotopic (exact) mass is 366 g/mol. The number of para-hydroxylation sites is 1. The van der Waals surface area contributed by atoms with Crippen LogP contribution in [-0.2, 0) is 25.9 Å². The van der Waals surface area contributed by atoms with E-state index in [-0.39, 0.29) is 0 Å². The molecule has 0 spiro atoms. The van der Waals surface area contributed by atoms with Gasteiger partial charge in [0, 0.05) is 49.2 Å². The molecule has 0 atom stereocenters. The molecule has 140 valence electrons. The lowest BCUT2D eigenvalue weighted by molar-refractivity contribution is 0.278. The summed E-state index contributed by atoms with van der Waals surface area (Å²) in [5.74, 6) is 0. The summed E-state index contributed by atoms with van der Waals surface area (Å²) in [6.45, 7) is 4.24. The van der Waals surface area contributed by atoms with E-state index in [2.05, 4.69) is 94.4 Å². The van der Waals surface area contributed by atoms with Crippen LogP contribution in [0, 0.1) is 0 Å². The summed E-state index contributed by atoms with van der Waals surface area (Å²) in [4.78, 5) is 2.61. The average Bonchev–Trinajstić information content (AvgIpc) is 2.89. The van der Waals surface area contributed by atoms with E-state index in [1.807, 2.05) is 0 Å². The van der Waals surface area contributed by atoms with E-state index in [1.54, 1.807) is 5.56 Å². The second-order valence-corrected chi connectivity index (χ2v) is 7.78. The number of aromatic nitrogens is 1. The van der Waals surface area contributed by atoms with E-state index in [0.29, 0.717) is 0 Å². The Morgan fingerprint density at radius 2 is 1.21 bits per heavy atom. The normalized spacial score (nSPS) is 14.7. The lowest BCUT2D eigenvalue weighted by atomic mass is 10.1. The van der Waals surface area contributed by atoms with Gasteiger partial charge in [-0.1, -0.05) is 78.9 Å². The number of rotatable bonds is 4. The molecule has 0 radical (unpaired) electrons. The Morgan fingerprint density at radius 3 is 1.96 bits per heavy atom. The van der Waals surface area contributed by atoms with Gasteiger partial charge in [0.25, 0.3) is 0 Å². The molecular weight excluding hydrogens is 340 g/mol. The van der Waals surface area contributed by atoms with E-state index >= 15 is 0 Å². The SMILES string of the molecule is c1ccc(CN2CCc3c(n(Cc4ccccc4)c4ccccc34)CC2)cc1. The van der Waals surface area contributed by atoms with Gasteiger partial charge in [0.15, 0.2) is 0 Å². The maximum Gasteiger partial charge on any atom is 0.0488 e. The van der Waals surface area contributed by atoms with Gasteiger partial charge in [0.1, 0.15) is 0 Å². The minimum Gasteiger partial charge on any atom is -0.340 e. The average molecular weight is 367 g/mol. The number of nitrogens with zero attached hydrogens (tertiary/aromatic N) is 2. The first-order valence-electron chi connectivity index (χ1n) is 10.3. The fourth-order valence-electron chi connectivity index (χ4n) is 4.58. The molecule has 1 aromatic heterocycles. The van der Waals surface area contributed by atoms with Gasteiger partial charge in [-0.05, 0) is 29.2 Å². The maximum atomic E-state index is 2.61. The van der Waals surface area contributed by atoms with Crippen LogP contribution >= 0.6 is 0 Å². The molecule has 1 aliphatic rings. The highest BCUT2D eigenvalue weighted by Crippen LogP contribution is 2.30. The molecule has 0 unspecified atom stereocenters. The van der Waals surface area contributed by atoms with Gasteiger partial charge in [-0.25, -0.2) is 0 Å². The maximum absolute atomic E-state index is 2.61.